The van der Waals surface area contributed by atoms with Crippen molar-refractivity contribution in [2.75, 3.05) is 18.1 Å². The molecule has 1 rings (SSSR count). The predicted molar refractivity (Wildman–Crippen MR) is 76.2 cm³/mol. The van der Waals surface area contributed by atoms with Crippen molar-refractivity contribution in [2.24, 2.45) is 0 Å². The summed E-state index contributed by atoms with van der Waals surface area (Å²) in [5, 5.41) is 27.8. The first kappa shape index (κ1) is 15.3. The molecule has 1 unspecified atom stereocenters. The fourth-order valence-corrected chi connectivity index (χ4v) is 2.66. The van der Waals surface area contributed by atoms with E-state index >= 15 is 0 Å². The van der Waals surface area contributed by atoms with Gasteiger partial charge in [-0.15, -0.1) is 0 Å². The van der Waals surface area contributed by atoms with Crippen molar-refractivity contribution in [3.05, 3.63) is 29.3 Å². The first-order valence-electron chi connectivity index (χ1n) is 6.35. The Hall–Kier alpha value is -0.710. The van der Waals surface area contributed by atoms with Crippen molar-refractivity contribution in [3.63, 3.8) is 0 Å². The summed E-state index contributed by atoms with van der Waals surface area (Å²) in [4.78, 5) is 0. The zero-order chi connectivity index (χ0) is 13.4. The molecule has 0 aliphatic heterocycles. The maximum atomic E-state index is 9.99. The molecule has 0 aliphatic rings. The lowest BCUT2D eigenvalue weighted by Crippen LogP contribution is -2.14. The van der Waals surface area contributed by atoms with Crippen LogP contribution in [0.1, 0.15) is 24.5 Å². The van der Waals surface area contributed by atoms with Gasteiger partial charge in [-0.1, -0.05) is 25.1 Å². The van der Waals surface area contributed by atoms with Gasteiger partial charge in [0.25, 0.3) is 0 Å². The van der Waals surface area contributed by atoms with E-state index < -0.39 is 6.10 Å². The number of benzene rings is 1. The Bertz CT molecular complexity index is 355. The molecular formula is C14H22O3S. The summed E-state index contributed by atoms with van der Waals surface area (Å²) in [5.41, 5.74) is 1.99. The van der Waals surface area contributed by atoms with Crippen molar-refractivity contribution in [1.82, 2.24) is 0 Å². The monoisotopic (exact) mass is 270 g/mol. The summed E-state index contributed by atoms with van der Waals surface area (Å²) in [6.45, 7) is 1.86. The Morgan fingerprint density at radius 1 is 1.28 bits per heavy atom. The largest absolute Gasteiger partial charge is 0.507 e. The zero-order valence-corrected chi connectivity index (χ0v) is 11.6. The number of aromatic hydroxyl groups is 1. The van der Waals surface area contributed by atoms with Gasteiger partial charge in [0.1, 0.15) is 5.75 Å². The molecule has 0 radical (unpaired) electrons. The molecule has 102 valence electrons. The summed E-state index contributed by atoms with van der Waals surface area (Å²) in [6, 6.07) is 5.89. The molecule has 4 heteroatoms. The second-order valence-corrected chi connectivity index (χ2v) is 5.44. The molecule has 0 aliphatic carbocycles. The highest BCUT2D eigenvalue weighted by atomic mass is 32.2. The third kappa shape index (κ3) is 4.88. The van der Waals surface area contributed by atoms with E-state index in [1.165, 1.54) is 0 Å². The fourth-order valence-electron chi connectivity index (χ4n) is 1.77. The molecule has 3 N–H and O–H groups in total. The maximum absolute atomic E-state index is 9.99. The van der Waals surface area contributed by atoms with Crippen LogP contribution in [0.25, 0.3) is 0 Å². The highest BCUT2D eigenvalue weighted by Crippen LogP contribution is 2.24. The minimum atomic E-state index is -0.619. The molecule has 0 saturated heterocycles. The molecule has 1 aromatic carbocycles. The number of phenols is 1. The van der Waals surface area contributed by atoms with Gasteiger partial charge in [-0.3, -0.25) is 0 Å². The predicted octanol–water partition coefficient (Wildman–Crippen LogP) is 1.97. The van der Waals surface area contributed by atoms with Crippen LogP contribution in [0.15, 0.2) is 18.2 Å². The highest BCUT2D eigenvalue weighted by Gasteiger charge is 2.06. The van der Waals surface area contributed by atoms with E-state index in [9.17, 15) is 10.2 Å². The summed E-state index contributed by atoms with van der Waals surface area (Å²) in [5.74, 6) is 1.92. The summed E-state index contributed by atoms with van der Waals surface area (Å²) >= 11 is 1.63. The van der Waals surface area contributed by atoms with E-state index in [1.807, 2.05) is 25.1 Å². The normalized spacial score (nSPS) is 12.6. The molecule has 0 saturated carbocycles. The number of hydrogen-bond donors (Lipinski definition) is 3. The number of hydrogen-bond acceptors (Lipinski definition) is 4. The third-order valence-corrected chi connectivity index (χ3v) is 4.04. The molecule has 18 heavy (non-hydrogen) atoms. The van der Waals surface area contributed by atoms with Crippen LogP contribution in [0, 0.1) is 0 Å². The number of aryl methyl sites for hydroxylation is 2. The van der Waals surface area contributed by atoms with Gasteiger partial charge in [0.15, 0.2) is 0 Å². The van der Waals surface area contributed by atoms with Crippen molar-refractivity contribution in [3.8, 4) is 5.75 Å². The Morgan fingerprint density at radius 3 is 2.67 bits per heavy atom. The Balaban J connectivity index is 2.31. The third-order valence-electron chi connectivity index (χ3n) is 2.84. The molecule has 0 amide bonds. The van der Waals surface area contributed by atoms with Crippen molar-refractivity contribution >= 4 is 11.8 Å². The SMILES string of the molecule is CCc1cccc(CCCSCC(O)CO)c1O. The van der Waals surface area contributed by atoms with Crippen molar-refractivity contribution in [2.45, 2.75) is 32.3 Å². The molecule has 0 fully saturated rings. The van der Waals surface area contributed by atoms with E-state index in [1.54, 1.807) is 11.8 Å². The molecule has 3 nitrogen and oxygen atoms in total. The smallest absolute Gasteiger partial charge is 0.121 e. The molecule has 0 heterocycles. The lowest BCUT2D eigenvalue weighted by atomic mass is 10.0. The number of aliphatic hydroxyl groups is 2. The van der Waals surface area contributed by atoms with Crippen LogP contribution in [0.4, 0.5) is 0 Å². The minimum Gasteiger partial charge on any atom is -0.507 e. The van der Waals surface area contributed by atoms with Gasteiger partial charge in [0.05, 0.1) is 12.7 Å². The van der Waals surface area contributed by atoms with E-state index in [-0.39, 0.29) is 6.61 Å². The second-order valence-electron chi connectivity index (χ2n) is 4.29. The number of thioether (sulfide) groups is 1. The quantitative estimate of drug-likeness (QED) is 0.632. The second kappa shape index (κ2) is 8.40. The maximum Gasteiger partial charge on any atom is 0.121 e. The first-order valence-corrected chi connectivity index (χ1v) is 7.50. The molecular weight excluding hydrogens is 248 g/mol. The average Bonchev–Trinajstić information content (AvgIpc) is 2.39. The minimum absolute atomic E-state index is 0.174. The topological polar surface area (TPSA) is 60.7 Å². The number of aliphatic hydroxyl groups excluding tert-OH is 2. The molecule has 1 aromatic rings. The van der Waals surface area contributed by atoms with Gasteiger partial charge in [0.2, 0.25) is 0 Å². The van der Waals surface area contributed by atoms with Gasteiger partial charge < -0.3 is 15.3 Å². The van der Waals surface area contributed by atoms with Crippen LogP contribution >= 0.6 is 11.8 Å². The first-order chi connectivity index (χ1) is 8.69. The van der Waals surface area contributed by atoms with Gasteiger partial charge in [0, 0.05) is 5.75 Å². The van der Waals surface area contributed by atoms with Crippen LogP contribution in [-0.4, -0.2) is 39.5 Å². The fraction of sp³-hybridized carbons (Fsp3) is 0.571. The average molecular weight is 270 g/mol. The Morgan fingerprint density at radius 2 is 2.00 bits per heavy atom. The molecule has 0 aromatic heterocycles. The van der Waals surface area contributed by atoms with E-state index in [0.29, 0.717) is 11.5 Å². The van der Waals surface area contributed by atoms with Crippen LogP contribution in [0.5, 0.6) is 5.75 Å². The summed E-state index contributed by atoms with van der Waals surface area (Å²) < 4.78 is 0. The van der Waals surface area contributed by atoms with Crippen molar-refractivity contribution < 1.29 is 15.3 Å². The van der Waals surface area contributed by atoms with Gasteiger partial charge in [-0.25, -0.2) is 0 Å². The summed E-state index contributed by atoms with van der Waals surface area (Å²) in [7, 11) is 0. The Kier molecular flexibility index (Phi) is 7.16. The highest BCUT2D eigenvalue weighted by molar-refractivity contribution is 7.99. The lowest BCUT2D eigenvalue weighted by molar-refractivity contribution is 0.113. The van der Waals surface area contributed by atoms with E-state index in [4.69, 9.17) is 5.11 Å². The zero-order valence-electron chi connectivity index (χ0n) is 10.8. The molecule has 0 bridgehead atoms. The summed E-state index contributed by atoms with van der Waals surface area (Å²) in [6.07, 6.45) is 2.04. The lowest BCUT2D eigenvalue weighted by Gasteiger charge is -2.09. The van der Waals surface area contributed by atoms with Gasteiger partial charge in [-0.05, 0) is 36.1 Å². The van der Waals surface area contributed by atoms with Gasteiger partial charge >= 0.3 is 0 Å². The number of phenolic OH excluding ortho intramolecular Hbond substituents is 1. The molecule has 0 spiro atoms. The van der Waals surface area contributed by atoms with E-state index in [2.05, 4.69) is 0 Å². The standard InChI is InChI=1S/C14H22O3S/c1-2-11-5-3-6-12(14(11)17)7-4-8-18-10-13(16)9-15/h3,5-6,13,15-17H,2,4,7-10H2,1H3. The van der Waals surface area contributed by atoms with E-state index in [0.717, 1.165) is 36.1 Å². The van der Waals surface area contributed by atoms with Crippen molar-refractivity contribution in [1.29, 1.82) is 0 Å². The molecule has 1 atom stereocenters. The van der Waals surface area contributed by atoms with Gasteiger partial charge in [-0.2, -0.15) is 11.8 Å². The Labute approximate surface area is 113 Å². The van der Waals surface area contributed by atoms with Crippen LogP contribution < -0.4 is 0 Å². The number of para-hydroxylation sites is 1. The van der Waals surface area contributed by atoms with Crippen LogP contribution in [0.2, 0.25) is 0 Å². The van der Waals surface area contributed by atoms with Crippen LogP contribution in [0.3, 0.4) is 0 Å². The number of rotatable bonds is 8. The van der Waals surface area contributed by atoms with Crippen LogP contribution in [-0.2, 0) is 12.8 Å².